The zero-order chi connectivity index (χ0) is 14.7. The third kappa shape index (κ3) is 2.69. The van der Waals surface area contributed by atoms with Crippen molar-refractivity contribution in [3.63, 3.8) is 0 Å². The highest BCUT2D eigenvalue weighted by atomic mass is 16.5. The van der Waals surface area contributed by atoms with Crippen molar-refractivity contribution in [2.75, 3.05) is 27.9 Å². The van der Waals surface area contributed by atoms with Crippen LogP contribution >= 0.6 is 0 Å². The van der Waals surface area contributed by atoms with E-state index in [9.17, 15) is 0 Å². The summed E-state index contributed by atoms with van der Waals surface area (Å²) >= 11 is 0. The van der Waals surface area contributed by atoms with Crippen LogP contribution in [0, 0.1) is 5.92 Å². The molecule has 2 rings (SSSR count). The third-order valence-electron chi connectivity index (χ3n) is 3.88. The number of methoxy groups -OCH3 is 3. The average Bonchev–Trinajstić information content (AvgIpc) is 2.91. The fourth-order valence-corrected chi connectivity index (χ4v) is 2.70. The van der Waals surface area contributed by atoms with Gasteiger partial charge in [0.05, 0.1) is 39.0 Å². The van der Waals surface area contributed by atoms with Crippen molar-refractivity contribution in [2.45, 2.75) is 25.5 Å². The van der Waals surface area contributed by atoms with Crippen LogP contribution in [-0.2, 0) is 4.74 Å². The van der Waals surface area contributed by atoms with Gasteiger partial charge in [-0.05, 0) is 12.3 Å². The molecule has 5 heteroatoms. The molecule has 1 aliphatic rings. The zero-order valence-corrected chi connectivity index (χ0v) is 12.5. The van der Waals surface area contributed by atoms with E-state index in [0.29, 0.717) is 23.2 Å². The molecule has 1 aromatic carbocycles. The molecular weight excluding hydrogens is 258 g/mol. The largest absolute Gasteiger partial charge is 0.496 e. The van der Waals surface area contributed by atoms with E-state index in [1.807, 2.05) is 12.1 Å². The first-order valence-electron chi connectivity index (χ1n) is 6.79. The first-order chi connectivity index (χ1) is 9.62. The molecule has 5 nitrogen and oxygen atoms in total. The highest BCUT2D eigenvalue weighted by molar-refractivity contribution is 5.52. The van der Waals surface area contributed by atoms with Crippen LogP contribution in [-0.4, -0.2) is 34.0 Å². The Hall–Kier alpha value is -1.46. The summed E-state index contributed by atoms with van der Waals surface area (Å²) in [5, 5.41) is 0. The lowest BCUT2D eigenvalue weighted by Gasteiger charge is -2.26. The van der Waals surface area contributed by atoms with Gasteiger partial charge in [0.25, 0.3) is 0 Å². The maximum atomic E-state index is 6.41. The summed E-state index contributed by atoms with van der Waals surface area (Å²) in [6.07, 6.45) is 1.00. The maximum absolute atomic E-state index is 6.41. The van der Waals surface area contributed by atoms with E-state index in [1.54, 1.807) is 21.3 Å². The lowest BCUT2D eigenvalue weighted by Crippen LogP contribution is -2.30. The lowest BCUT2D eigenvalue weighted by atomic mass is 9.92. The van der Waals surface area contributed by atoms with Crippen molar-refractivity contribution in [1.82, 2.24) is 0 Å². The summed E-state index contributed by atoms with van der Waals surface area (Å²) < 4.78 is 21.9. The second-order valence-electron chi connectivity index (χ2n) is 5.07. The first-order valence-corrected chi connectivity index (χ1v) is 6.79. The average molecular weight is 281 g/mol. The molecule has 3 unspecified atom stereocenters. The Bertz CT molecular complexity index is 438. The third-order valence-corrected chi connectivity index (χ3v) is 3.88. The fraction of sp³-hybridized carbons (Fsp3) is 0.600. The van der Waals surface area contributed by atoms with Crippen LogP contribution in [0.1, 0.15) is 24.9 Å². The Labute approximate surface area is 120 Å². The summed E-state index contributed by atoms with van der Waals surface area (Å²) in [7, 11) is 4.84. The van der Waals surface area contributed by atoms with Crippen LogP contribution in [0.2, 0.25) is 0 Å². The quantitative estimate of drug-likeness (QED) is 0.896. The SMILES string of the molecule is COc1cc(OC)c(C(N)C2OCCC2C)c(OC)c1. The van der Waals surface area contributed by atoms with E-state index >= 15 is 0 Å². The zero-order valence-electron chi connectivity index (χ0n) is 12.5. The van der Waals surface area contributed by atoms with Gasteiger partial charge in [-0.2, -0.15) is 0 Å². The van der Waals surface area contributed by atoms with Gasteiger partial charge in [-0.25, -0.2) is 0 Å². The molecule has 3 atom stereocenters. The molecule has 1 saturated heterocycles. The molecule has 2 N–H and O–H groups in total. The molecule has 1 aromatic rings. The Kier molecular flexibility index (Phi) is 4.73. The Morgan fingerprint density at radius 1 is 1.15 bits per heavy atom. The Morgan fingerprint density at radius 2 is 1.75 bits per heavy atom. The van der Waals surface area contributed by atoms with Crippen LogP contribution in [0.15, 0.2) is 12.1 Å². The minimum Gasteiger partial charge on any atom is -0.496 e. The first kappa shape index (κ1) is 14.9. The van der Waals surface area contributed by atoms with E-state index in [1.165, 1.54) is 0 Å². The number of hydrogen-bond acceptors (Lipinski definition) is 5. The molecule has 0 aliphatic carbocycles. The molecule has 0 saturated carbocycles. The van der Waals surface area contributed by atoms with Crippen molar-refractivity contribution < 1.29 is 18.9 Å². The highest BCUT2D eigenvalue weighted by Crippen LogP contribution is 2.41. The van der Waals surface area contributed by atoms with Crippen LogP contribution in [0.4, 0.5) is 0 Å². The summed E-state index contributed by atoms with van der Waals surface area (Å²) in [5.74, 6) is 2.42. The second-order valence-corrected chi connectivity index (χ2v) is 5.07. The number of benzene rings is 1. The Balaban J connectivity index is 2.42. The van der Waals surface area contributed by atoms with Crippen LogP contribution in [0.3, 0.4) is 0 Å². The molecule has 0 amide bonds. The van der Waals surface area contributed by atoms with Crippen molar-refractivity contribution >= 4 is 0 Å². The summed E-state index contributed by atoms with van der Waals surface area (Å²) in [4.78, 5) is 0. The molecule has 0 radical (unpaired) electrons. The topological polar surface area (TPSA) is 62.9 Å². The van der Waals surface area contributed by atoms with Gasteiger partial charge in [-0.15, -0.1) is 0 Å². The molecule has 0 bridgehead atoms. The van der Waals surface area contributed by atoms with Crippen molar-refractivity contribution in [1.29, 1.82) is 0 Å². The van der Waals surface area contributed by atoms with Gasteiger partial charge in [0.2, 0.25) is 0 Å². The number of ether oxygens (including phenoxy) is 4. The van der Waals surface area contributed by atoms with E-state index in [0.717, 1.165) is 18.6 Å². The standard InChI is InChI=1S/C15H23NO4/c1-9-5-6-20-15(9)14(16)13-11(18-3)7-10(17-2)8-12(13)19-4/h7-9,14-15H,5-6,16H2,1-4H3. The van der Waals surface area contributed by atoms with Gasteiger partial charge >= 0.3 is 0 Å². The molecule has 0 spiro atoms. The van der Waals surface area contributed by atoms with Gasteiger partial charge in [0.1, 0.15) is 17.2 Å². The Morgan fingerprint density at radius 3 is 2.15 bits per heavy atom. The molecule has 0 aromatic heterocycles. The van der Waals surface area contributed by atoms with Gasteiger partial charge in [0, 0.05) is 18.7 Å². The van der Waals surface area contributed by atoms with Crippen molar-refractivity contribution in [3.05, 3.63) is 17.7 Å². The van der Waals surface area contributed by atoms with Gasteiger partial charge in [0.15, 0.2) is 0 Å². The number of hydrogen-bond donors (Lipinski definition) is 1. The van der Waals surface area contributed by atoms with Crippen LogP contribution < -0.4 is 19.9 Å². The number of rotatable bonds is 5. The lowest BCUT2D eigenvalue weighted by molar-refractivity contribution is 0.0710. The van der Waals surface area contributed by atoms with Gasteiger partial charge in [-0.1, -0.05) is 6.92 Å². The molecule has 20 heavy (non-hydrogen) atoms. The van der Waals surface area contributed by atoms with Crippen molar-refractivity contribution in [2.24, 2.45) is 11.7 Å². The predicted molar refractivity (Wildman–Crippen MR) is 76.5 cm³/mol. The summed E-state index contributed by atoms with van der Waals surface area (Å²) in [5.41, 5.74) is 7.24. The van der Waals surface area contributed by atoms with Gasteiger partial charge < -0.3 is 24.7 Å². The van der Waals surface area contributed by atoms with Crippen LogP contribution in [0.5, 0.6) is 17.2 Å². The van der Waals surface area contributed by atoms with E-state index < -0.39 is 0 Å². The van der Waals surface area contributed by atoms with E-state index in [4.69, 9.17) is 24.7 Å². The summed E-state index contributed by atoms with van der Waals surface area (Å²) in [6, 6.07) is 3.34. The van der Waals surface area contributed by atoms with E-state index in [2.05, 4.69) is 6.92 Å². The minimum atomic E-state index is -0.289. The molecule has 112 valence electrons. The highest BCUT2D eigenvalue weighted by Gasteiger charge is 2.34. The maximum Gasteiger partial charge on any atom is 0.131 e. The normalized spacial score (nSPS) is 23.4. The molecule has 1 aliphatic heterocycles. The predicted octanol–water partition coefficient (Wildman–Crippen LogP) is 2.14. The number of nitrogens with two attached hydrogens (primary N) is 1. The summed E-state index contributed by atoms with van der Waals surface area (Å²) in [6.45, 7) is 2.90. The van der Waals surface area contributed by atoms with Gasteiger partial charge in [-0.3, -0.25) is 0 Å². The molecule has 1 heterocycles. The van der Waals surface area contributed by atoms with Crippen molar-refractivity contribution in [3.8, 4) is 17.2 Å². The van der Waals surface area contributed by atoms with E-state index in [-0.39, 0.29) is 12.1 Å². The second kappa shape index (κ2) is 6.33. The van der Waals surface area contributed by atoms with Crippen LogP contribution in [0.25, 0.3) is 0 Å². The minimum absolute atomic E-state index is 0.0220. The smallest absolute Gasteiger partial charge is 0.131 e. The monoisotopic (exact) mass is 281 g/mol. The fourth-order valence-electron chi connectivity index (χ4n) is 2.70. The molecular formula is C15H23NO4. The molecule has 1 fully saturated rings.